The molecule has 1 aliphatic rings. The fraction of sp³-hybridized carbons (Fsp3) is 0.529. The molecule has 6 heteroatoms. The molecule has 2 rings (SSSR count). The zero-order chi connectivity index (χ0) is 17.0. The number of nitrogens with one attached hydrogen (secondary N) is 1. The minimum Gasteiger partial charge on any atom is -0.497 e. The van der Waals surface area contributed by atoms with Crippen molar-refractivity contribution in [1.29, 1.82) is 0 Å². The van der Waals surface area contributed by atoms with Gasteiger partial charge in [0.15, 0.2) is 0 Å². The first kappa shape index (κ1) is 17.3. The minimum atomic E-state index is -0.278. The monoisotopic (exact) mass is 319 g/mol. The zero-order valence-electron chi connectivity index (χ0n) is 13.9. The highest BCUT2D eigenvalue weighted by Crippen LogP contribution is 2.36. The van der Waals surface area contributed by atoms with Gasteiger partial charge in [0.05, 0.1) is 19.1 Å². The SMILES string of the molecule is COc1ccc(C2C(C(=O)N[C@@H](C)CN)CCC(=O)N2C)cc1. The van der Waals surface area contributed by atoms with Gasteiger partial charge in [-0.2, -0.15) is 0 Å². The number of nitrogens with zero attached hydrogens (tertiary/aromatic N) is 1. The maximum atomic E-state index is 12.6. The van der Waals surface area contributed by atoms with Crippen molar-refractivity contribution in [2.45, 2.75) is 31.8 Å². The third-order valence-corrected chi connectivity index (χ3v) is 4.40. The van der Waals surface area contributed by atoms with Crippen LogP contribution >= 0.6 is 0 Å². The molecular weight excluding hydrogens is 294 g/mol. The molecule has 0 bridgehead atoms. The third kappa shape index (κ3) is 3.82. The summed E-state index contributed by atoms with van der Waals surface area (Å²) >= 11 is 0. The molecule has 0 aromatic heterocycles. The van der Waals surface area contributed by atoms with Crippen molar-refractivity contribution in [2.24, 2.45) is 11.7 Å². The predicted molar refractivity (Wildman–Crippen MR) is 87.9 cm³/mol. The highest BCUT2D eigenvalue weighted by molar-refractivity contribution is 5.85. The Labute approximate surface area is 137 Å². The number of amides is 2. The Morgan fingerprint density at radius 1 is 1.43 bits per heavy atom. The number of benzene rings is 1. The number of carbonyl (C=O) groups excluding carboxylic acids is 2. The van der Waals surface area contributed by atoms with Gasteiger partial charge in [0.2, 0.25) is 11.8 Å². The van der Waals surface area contributed by atoms with E-state index in [-0.39, 0.29) is 29.8 Å². The smallest absolute Gasteiger partial charge is 0.225 e. The van der Waals surface area contributed by atoms with Gasteiger partial charge in [-0.3, -0.25) is 9.59 Å². The summed E-state index contributed by atoms with van der Waals surface area (Å²) in [6.45, 7) is 2.26. The van der Waals surface area contributed by atoms with E-state index in [1.165, 1.54) is 0 Å². The summed E-state index contributed by atoms with van der Waals surface area (Å²) in [5.41, 5.74) is 6.52. The largest absolute Gasteiger partial charge is 0.497 e. The minimum absolute atomic E-state index is 0.0527. The Morgan fingerprint density at radius 3 is 2.65 bits per heavy atom. The molecule has 1 aromatic rings. The zero-order valence-corrected chi connectivity index (χ0v) is 13.9. The van der Waals surface area contributed by atoms with Crippen molar-refractivity contribution in [1.82, 2.24) is 10.2 Å². The number of nitrogens with two attached hydrogens (primary N) is 1. The predicted octanol–water partition coefficient (Wildman–Crippen LogP) is 1.07. The second-order valence-corrected chi connectivity index (χ2v) is 6.01. The molecule has 3 atom stereocenters. The average molecular weight is 319 g/mol. The van der Waals surface area contributed by atoms with Gasteiger partial charge in [0, 0.05) is 26.1 Å². The molecule has 0 spiro atoms. The van der Waals surface area contributed by atoms with Crippen molar-refractivity contribution in [3.05, 3.63) is 29.8 Å². The van der Waals surface area contributed by atoms with Crippen LogP contribution in [0.2, 0.25) is 0 Å². The summed E-state index contributed by atoms with van der Waals surface area (Å²) in [6.07, 6.45) is 0.932. The van der Waals surface area contributed by atoms with Gasteiger partial charge in [0.1, 0.15) is 5.75 Å². The van der Waals surface area contributed by atoms with Crippen molar-refractivity contribution < 1.29 is 14.3 Å². The van der Waals surface area contributed by atoms with Crippen LogP contribution in [0.15, 0.2) is 24.3 Å². The molecule has 0 aliphatic carbocycles. The number of likely N-dealkylation sites (tertiary alicyclic amines) is 1. The van der Waals surface area contributed by atoms with E-state index in [1.54, 1.807) is 19.1 Å². The number of piperidine rings is 1. The van der Waals surface area contributed by atoms with Crippen molar-refractivity contribution in [3.63, 3.8) is 0 Å². The van der Waals surface area contributed by atoms with Gasteiger partial charge in [-0.1, -0.05) is 12.1 Å². The molecule has 6 nitrogen and oxygen atoms in total. The molecule has 2 unspecified atom stereocenters. The van der Waals surface area contributed by atoms with Gasteiger partial charge in [-0.25, -0.2) is 0 Å². The van der Waals surface area contributed by atoms with Crippen LogP contribution in [-0.4, -0.2) is 43.5 Å². The second-order valence-electron chi connectivity index (χ2n) is 6.01. The van der Waals surface area contributed by atoms with Gasteiger partial charge in [-0.05, 0) is 31.0 Å². The second kappa shape index (κ2) is 7.46. The molecule has 1 fully saturated rings. The summed E-state index contributed by atoms with van der Waals surface area (Å²) in [5, 5.41) is 2.93. The van der Waals surface area contributed by atoms with Crippen molar-refractivity contribution in [2.75, 3.05) is 20.7 Å². The summed E-state index contributed by atoms with van der Waals surface area (Å²) in [5.74, 6) is 0.473. The van der Waals surface area contributed by atoms with Gasteiger partial charge < -0.3 is 20.7 Å². The fourth-order valence-electron chi connectivity index (χ4n) is 2.98. The molecule has 3 N–H and O–H groups in total. The quantitative estimate of drug-likeness (QED) is 0.850. The van der Waals surface area contributed by atoms with Crippen LogP contribution in [0.5, 0.6) is 5.75 Å². The number of methoxy groups -OCH3 is 1. The van der Waals surface area contributed by atoms with Crippen LogP contribution < -0.4 is 15.8 Å². The molecule has 2 amide bonds. The number of ether oxygens (including phenoxy) is 1. The van der Waals surface area contributed by atoms with E-state index in [2.05, 4.69) is 5.32 Å². The van der Waals surface area contributed by atoms with E-state index in [1.807, 2.05) is 31.2 Å². The molecule has 126 valence electrons. The maximum absolute atomic E-state index is 12.6. The lowest BCUT2D eigenvalue weighted by molar-refractivity contribution is -0.141. The first-order valence-electron chi connectivity index (χ1n) is 7.88. The van der Waals surface area contributed by atoms with E-state index in [0.717, 1.165) is 11.3 Å². The Kier molecular flexibility index (Phi) is 5.60. The van der Waals surface area contributed by atoms with Gasteiger partial charge in [-0.15, -0.1) is 0 Å². The lowest BCUT2D eigenvalue weighted by Gasteiger charge is -2.39. The Bertz CT molecular complexity index is 559. The van der Waals surface area contributed by atoms with Crippen LogP contribution in [0.1, 0.15) is 31.4 Å². The summed E-state index contributed by atoms with van der Waals surface area (Å²) in [4.78, 5) is 26.4. The van der Waals surface area contributed by atoms with E-state index in [0.29, 0.717) is 19.4 Å². The Balaban J connectivity index is 2.27. The van der Waals surface area contributed by atoms with E-state index >= 15 is 0 Å². The van der Waals surface area contributed by atoms with Crippen LogP contribution in [0.3, 0.4) is 0 Å². The molecule has 0 saturated carbocycles. The van der Waals surface area contributed by atoms with Crippen LogP contribution in [-0.2, 0) is 9.59 Å². The highest BCUT2D eigenvalue weighted by atomic mass is 16.5. The number of hydrogen-bond acceptors (Lipinski definition) is 4. The van der Waals surface area contributed by atoms with Crippen molar-refractivity contribution >= 4 is 11.8 Å². The average Bonchev–Trinajstić information content (AvgIpc) is 2.57. The Morgan fingerprint density at radius 2 is 2.09 bits per heavy atom. The molecule has 1 heterocycles. The van der Waals surface area contributed by atoms with Crippen molar-refractivity contribution in [3.8, 4) is 5.75 Å². The fourth-order valence-corrected chi connectivity index (χ4v) is 2.98. The molecule has 1 saturated heterocycles. The summed E-state index contributed by atoms with van der Waals surface area (Å²) < 4.78 is 5.17. The van der Waals surface area contributed by atoms with E-state index < -0.39 is 0 Å². The number of carbonyl (C=O) groups is 2. The lowest BCUT2D eigenvalue weighted by atomic mass is 9.84. The Hall–Kier alpha value is -2.08. The maximum Gasteiger partial charge on any atom is 0.225 e. The van der Waals surface area contributed by atoms with E-state index in [4.69, 9.17) is 10.5 Å². The topological polar surface area (TPSA) is 84.7 Å². The van der Waals surface area contributed by atoms with Gasteiger partial charge in [0.25, 0.3) is 0 Å². The molecule has 23 heavy (non-hydrogen) atoms. The number of hydrogen-bond donors (Lipinski definition) is 2. The third-order valence-electron chi connectivity index (χ3n) is 4.40. The number of rotatable bonds is 5. The van der Waals surface area contributed by atoms with Crippen LogP contribution in [0, 0.1) is 5.92 Å². The van der Waals surface area contributed by atoms with Crippen LogP contribution in [0.25, 0.3) is 0 Å². The standard InChI is InChI=1S/C17H25N3O3/c1-11(10-18)19-17(22)14-8-9-15(21)20(2)16(14)12-4-6-13(23-3)7-5-12/h4-7,11,14,16H,8-10,18H2,1-3H3,(H,19,22)/t11-,14?,16?/m0/s1. The first-order valence-corrected chi connectivity index (χ1v) is 7.88. The van der Waals surface area contributed by atoms with Crippen LogP contribution in [0.4, 0.5) is 0 Å². The summed E-state index contributed by atoms with van der Waals surface area (Å²) in [6, 6.07) is 7.16. The highest BCUT2D eigenvalue weighted by Gasteiger charge is 2.39. The molecule has 1 aliphatic heterocycles. The molecule has 1 aromatic carbocycles. The first-order chi connectivity index (χ1) is 11.0. The van der Waals surface area contributed by atoms with Gasteiger partial charge >= 0.3 is 0 Å². The van der Waals surface area contributed by atoms with E-state index in [9.17, 15) is 9.59 Å². The molecule has 0 radical (unpaired) electrons. The summed E-state index contributed by atoms with van der Waals surface area (Å²) in [7, 11) is 3.36. The normalized spacial score (nSPS) is 22.6. The lowest BCUT2D eigenvalue weighted by Crippen LogP contribution is -2.49. The molecular formula is C17H25N3O3.